The molecule has 1 aromatic heterocycles. The molecule has 8 nitrogen and oxygen atoms in total. The van der Waals surface area contributed by atoms with Crippen molar-refractivity contribution in [2.75, 3.05) is 11.4 Å². The molecule has 0 aliphatic carbocycles. The van der Waals surface area contributed by atoms with E-state index in [9.17, 15) is 14.4 Å². The summed E-state index contributed by atoms with van der Waals surface area (Å²) >= 11 is 0. The maximum Gasteiger partial charge on any atom is 0.328 e. The normalized spacial score (nSPS) is 11.6. The molecule has 0 aliphatic rings. The standard InChI is InChI=1S/C23H24N4O4/c1-17(22(29)26(15-8-14-24)18-9-4-3-5-10-18)31-21(28)13-16-27-20-12-7-6-11-19(20)25(2)23(27)30/h3-7,9-12,17H,8,13,15-16H2,1-2H3. The van der Waals surface area contributed by atoms with E-state index >= 15 is 0 Å². The number of hydrogen-bond donors (Lipinski definition) is 0. The number of fused-ring (bicyclic) bond motifs is 1. The van der Waals surface area contributed by atoms with Crippen molar-refractivity contribution in [1.82, 2.24) is 9.13 Å². The molecule has 0 saturated carbocycles. The fourth-order valence-corrected chi connectivity index (χ4v) is 3.44. The van der Waals surface area contributed by atoms with Gasteiger partial charge in [-0.1, -0.05) is 30.3 Å². The van der Waals surface area contributed by atoms with Gasteiger partial charge in [0.05, 0.1) is 29.9 Å². The van der Waals surface area contributed by atoms with E-state index in [-0.39, 0.29) is 31.6 Å². The van der Waals surface area contributed by atoms with Crippen LogP contribution in [0.15, 0.2) is 59.4 Å². The third kappa shape index (κ3) is 4.83. The smallest absolute Gasteiger partial charge is 0.328 e. The van der Waals surface area contributed by atoms with Crippen molar-refractivity contribution in [2.45, 2.75) is 32.4 Å². The van der Waals surface area contributed by atoms with Crippen molar-refractivity contribution in [3.05, 3.63) is 65.1 Å². The maximum absolute atomic E-state index is 12.9. The van der Waals surface area contributed by atoms with Gasteiger partial charge in [-0.25, -0.2) is 4.79 Å². The number of esters is 1. The Morgan fingerprint density at radius 2 is 1.74 bits per heavy atom. The van der Waals surface area contributed by atoms with Crippen molar-refractivity contribution in [3.63, 3.8) is 0 Å². The van der Waals surface area contributed by atoms with E-state index in [4.69, 9.17) is 10.00 Å². The lowest BCUT2D eigenvalue weighted by atomic mass is 10.2. The molecule has 0 radical (unpaired) electrons. The Balaban J connectivity index is 1.66. The second-order valence-corrected chi connectivity index (χ2v) is 7.10. The highest BCUT2D eigenvalue weighted by Gasteiger charge is 2.25. The van der Waals surface area contributed by atoms with Crippen LogP contribution in [-0.2, 0) is 27.9 Å². The predicted molar refractivity (Wildman–Crippen MR) is 116 cm³/mol. The fourth-order valence-electron chi connectivity index (χ4n) is 3.44. The summed E-state index contributed by atoms with van der Waals surface area (Å²) in [5.74, 6) is -0.980. The quantitative estimate of drug-likeness (QED) is 0.522. The van der Waals surface area contributed by atoms with E-state index in [1.54, 1.807) is 31.3 Å². The summed E-state index contributed by atoms with van der Waals surface area (Å²) in [4.78, 5) is 39.2. The van der Waals surface area contributed by atoms with E-state index in [0.29, 0.717) is 5.69 Å². The molecule has 1 heterocycles. The van der Waals surface area contributed by atoms with Crippen molar-refractivity contribution >= 4 is 28.6 Å². The van der Waals surface area contributed by atoms with Gasteiger partial charge >= 0.3 is 11.7 Å². The van der Waals surface area contributed by atoms with E-state index in [1.807, 2.05) is 36.4 Å². The molecule has 0 bridgehead atoms. The van der Waals surface area contributed by atoms with Crippen LogP contribution in [0.5, 0.6) is 0 Å². The van der Waals surface area contributed by atoms with Crippen LogP contribution in [0.2, 0.25) is 0 Å². The van der Waals surface area contributed by atoms with Crippen molar-refractivity contribution in [3.8, 4) is 6.07 Å². The van der Waals surface area contributed by atoms with Crippen LogP contribution in [-0.4, -0.2) is 33.7 Å². The van der Waals surface area contributed by atoms with E-state index in [0.717, 1.165) is 11.0 Å². The second kappa shape index (κ2) is 9.76. The molecule has 2 aromatic carbocycles. The first-order valence-electron chi connectivity index (χ1n) is 10.0. The van der Waals surface area contributed by atoms with Gasteiger partial charge in [-0.05, 0) is 31.2 Å². The lowest BCUT2D eigenvalue weighted by molar-refractivity contribution is -0.154. The van der Waals surface area contributed by atoms with Gasteiger partial charge in [0.2, 0.25) is 0 Å². The number of anilines is 1. The number of nitriles is 1. The summed E-state index contributed by atoms with van der Waals surface area (Å²) in [7, 11) is 1.68. The number of carbonyl (C=O) groups is 2. The molecule has 0 aliphatic heterocycles. The molecule has 8 heteroatoms. The van der Waals surface area contributed by atoms with Gasteiger partial charge in [-0.2, -0.15) is 5.26 Å². The summed E-state index contributed by atoms with van der Waals surface area (Å²) < 4.78 is 8.39. The number of hydrogen-bond acceptors (Lipinski definition) is 5. The van der Waals surface area contributed by atoms with Crippen LogP contribution in [0.25, 0.3) is 11.0 Å². The number of carbonyl (C=O) groups excluding carboxylic acids is 2. The molecule has 1 atom stereocenters. The van der Waals surface area contributed by atoms with Crippen molar-refractivity contribution in [2.24, 2.45) is 7.05 Å². The highest BCUT2D eigenvalue weighted by molar-refractivity contribution is 5.97. The molecule has 1 unspecified atom stereocenters. The maximum atomic E-state index is 12.9. The van der Waals surface area contributed by atoms with Gasteiger partial charge in [0.25, 0.3) is 5.91 Å². The minimum Gasteiger partial charge on any atom is -0.452 e. The van der Waals surface area contributed by atoms with Crippen LogP contribution in [0, 0.1) is 11.3 Å². The Morgan fingerprint density at radius 3 is 2.42 bits per heavy atom. The summed E-state index contributed by atoms with van der Waals surface area (Å²) in [6.45, 7) is 1.86. The summed E-state index contributed by atoms with van der Waals surface area (Å²) in [6, 6.07) is 18.3. The van der Waals surface area contributed by atoms with Gasteiger partial charge in [0.15, 0.2) is 6.10 Å². The molecular formula is C23H24N4O4. The number of rotatable bonds is 8. The number of imidazole rings is 1. The zero-order valence-electron chi connectivity index (χ0n) is 17.5. The largest absolute Gasteiger partial charge is 0.452 e. The lowest BCUT2D eigenvalue weighted by Gasteiger charge is -2.25. The van der Waals surface area contributed by atoms with Gasteiger partial charge < -0.3 is 9.64 Å². The van der Waals surface area contributed by atoms with Crippen LogP contribution < -0.4 is 10.6 Å². The Morgan fingerprint density at radius 1 is 1.10 bits per heavy atom. The first-order chi connectivity index (χ1) is 14.9. The van der Waals surface area contributed by atoms with Gasteiger partial charge in [-0.15, -0.1) is 0 Å². The number of aryl methyl sites for hydroxylation is 2. The molecule has 0 fully saturated rings. The first kappa shape index (κ1) is 21.8. The molecule has 31 heavy (non-hydrogen) atoms. The van der Waals surface area contributed by atoms with E-state index in [1.165, 1.54) is 21.0 Å². The van der Waals surface area contributed by atoms with Crippen molar-refractivity contribution < 1.29 is 14.3 Å². The Kier molecular flexibility index (Phi) is 6.88. The SMILES string of the molecule is CC(OC(=O)CCn1c(=O)n(C)c2ccccc21)C(=O)N(CCC#N)c1ccccc1. The Bertz CT molecular complexity index is 1170. The topological polar surface area (TPSA) is 97.3 Å². The zero-order chi connectivity index (χ0) is 22.4. The number of amides is 1. The molecule has 0 N–H and O–H groups in total. The van der Waals surface area contributed by atoms with Crippen LogP contribution in [0.1, 0.15) is 19.8 Å². The number of ether oxygens (including phenoxy) is 1. The number of aromatic nitrogens is 2. The predicted octanol–water partition coefficient (Wildman–Crippen LogP) is 2.61. The molecule has 0 spiro atoms. The lowest BCUT2D eigenvalue weighted by Crippen LogP contribution is -2.40. The molecule has 0 saturated heterocycles. The van der Waals surface area contributed by atoms with Gasteiger partial charge in [0, 0.05) is 25.8 Å². The van der Waals surface area contributed by atoms with Crippen LogP contribution in [0.4, 0.5) is 5.69 Å². The summed E-state index contributed by atoms with van der Waals surface area (Å²) in [5.41, 5.74) is 1.93. The highest BCUT2D eigenvalue weighted by Crippen LogP contribution is 2.17. The van der Waals surface area contributed by atoms with Crippen LogP contribution >= 0.6 is 0 Å². The average molecular weight is 420 g/mol. The molecular weight excluding hydrogens is 396 g/mol. The second-order valence-electron chi connectivity index (χ2n) is 7.10. The minimum absolute atomic E-state index is 0.0466. The molecule has 3 aromatic rings. The Labute approximate surface area is 179 Å². The number of nitrogens with zero attached hydrogens (tertiary/aromatic N) is 4. The zero-order valence-corrected chi connectivity index (χ0v) is 17.5. The van der Waals surface area contributed by atoms with Gasteiger partial charge in [-0.3, -0.25) is 18.7 Å². The third-order valence-electron chi connectivity index (χ3n) is 5.03. The third-order valence-corrected chi connectivity index (χ3v) is 5.03. The molecule has 160 valence electrons. The fraction of sp³-hybridized carbons (Fsp3) is 0.304. The summed E-state index contributed by atoms with van der Waals surface area (Å²) in [5, 5.41) is 8.90. The average Bonchev–Trinajstić information content (AvgIpc) is 3.03. The van der Waals surface area contributed by atoms with E-state index < -0.39 is 18.0 Å². The first-order valence-corrected chi connectivity index (χ1v) is 10.0. The van der Waals surface area contributed by atoms with Gasteiger partial charge in [0.1, 0.15) is 0 Å². The number of benzene rings is 2. The van der Waals surface area contributed by atoms with E-state index in [2.05, 4.69) is 0 Å². The highest BCUT2D eigenvalue weighted by atomic mass is 16.5. The monoisotopic (exact) mass is 420 g/mol. The minimum atomic E-state index is -1.02. The number of para-hydroxylation sites is 3. The Hall–Kier alpha value is -3.86. The summed E-state index contributed by atoms with van der Waals surface area (Å²) in [6.07, 6.45) is -0.906. The molecule has 3 rings (SSSR count). The van der Waals surface area contributed by atoms with Crippen molar-refractivity contribution in [1.29, 1.82) is 5.26 Å². The van der Waals surface area contributed by atoms with Crippen LogP contribution in [0.3, 0.4) is 0 Å². The molecule has 1 amide bonds.